The third kappa shape index (κ3) is 3.15. The Balaban J connectivity index is 2.06. The van der Waals surface area contributed by atoms with Crippen molar-refractivity contribution in [1.29, 1.82) is 0 Å². The lowest BCUT2D eigenvalue weighted by Gasteiger charge is -2.24. The maximum atomic E-state index is 10.6. The number of ether oxygens (including phenoxy) is 1. The number of imidazole rings is 1. The SMILES string of the molecule is COc1ccc(C(C)(O)CCc2nccn2C)cc1. The molecule has 0 saturated heterocycles. The molecule has 2 aromatic rings. The van der Waals surface area contributed by atoms with Crippen LogP contribution in [0.4, 0.5) is 0 Å². The summed E-state index contributed by atoms with van der Waals surface area (Å²) in [4.78, 5) is 4.27. The molecule has 0 aliphatic carbocycles. The predicted octanol–water partition coefficient (Wildman–Crippen LogP) is 2.27. The van der Waals surface area contributed by atoms with Gasteiger partial charge in [-0.2, -0.15) is 0 Å². The van der Waals surface area contributed by atoms with E-state index in [1.807, 2.05) is 49.0 Å². The molecule has 1 atom stereocenters. The lowest BCUT2D eigenvalue weighted by Crippen LogP contribution is -2.22. The molecule has 0 fully saturated rings. The van der Waals surface area contributed by atoms with Gasteiger partial charge in [0.2, 0.25) is 0 Å². The Morgan fingerprint density at radius 3 is 2.53 bits per heavy atom. The van der Waals surface area contributed by atoms with Gasteiger partial charge in [-0.1, -0.05) is 12.1 Å². The molecule has 0 radical (unpaired) electrons. The minimum atomic E-state index is -0.863. The first-order chi connectivity index (χ1) is 9.03. The maximum Gasteiger partial charge on any atom is 0.118 e. The Hall–Kier alpha value is -1.81. The van der Waals surface area contributed by atoms with Crippen molar-refractivity contribution in [3.63, 3.8) is 0 Å². The second-order valence-electron chi connectivity index (χ2n) is 4.96. The van der Waals surface area contributed by atoms with Crippen molar-refractivity contribution in [2.24, 2.45) is 7.05 Å². The average Bonchev–Trinajstić information content (AvgIpc) is 2.82. The van der Waals surface area contributed by atoms with E-state index in [1.165, 1.54) is 0 Å². The summed E-state index contributed by atoms with van der Waals surface area (Å²) < 4.78 is 7.10. The maximum absolute atomic E-state index is 10.6. The lowest BCUT2D eigenvalue weighted by molar-refractivity contribution is 0.0473. The highest BCUT2D eigenvalue weighted by atomic mass is 16.5. The number of hydrogen-bond acceptors (Lipinski definition) is 3. The summed E-state index contributed by atoms with van der Waals surface area (Å²) >= 11 is 0. The fourth-order valence-electron chi connectivity index (χ4n) is 2.09. The topological polar surface area (TPSA) is 47.3 Å². The van der Waals surface area contributed by atoms with E-state index in [2.05, 4.69) is 4.98 Å². The van der Waals surface area contributed by atoms with E-state index in [0.717, 1.165) is 23.6 Å². The van der Waals surface area contributed by atoms with E-state index in [9.17, 15) is 5.11 Å². The van der Waals surface area contributed by atoms with Crippen LogP contribution in [0.5, 0.6) is 5.75 Å². The third-order valence-electron chi connectivity index (χ3n) is 3.47. The van der Waals surface area contributed by atoms with E-state index in [1.54, 1.807) is 13.3 Å². The van der Waals surface area contributed by atoms with Crippen LogP contribution >= 0.6 is 0 Å². The zero-order valence-electron chi connectivity index (χ0n) is 11.6. The zero-order chi connectivity index (χ0) is 13.9. The standard InChI is InChI=1S/C15H20N2O2/c1-15(18,9-8-14-16-10-11-17(14)2)12-4-6-13(19-3)7-5-12/h4-7,10-11,18H,8-9H2,1-3H3. The van der Waals surface area contributed by atoms with Crippen molar-refractivity contribution in [2.45, 2.75) is 25.4 Å². The summed E-state index contributed by atoms with van der Waals surface area (Å²) in [6.45, 7) is 1.83. The van der Waals surface area contributed by atoms with Gasteiger partial charge >= 0.3 is 0 Å². The lowest BCUT2D eigenvalue weighted by atomic mass is 9.91. The molecule has 0 spiro atoms. The number of hydrogen-bond donors (Lipinski definition) is 1. The number of benzene rings is 1. The van der Waals surface area contributed by atoms with Crippen LogP contribution in [0, 0.1) is 0 Å². The fraction of sp³-hybridized carbons (Fsp3) is 0.400. The van der Waals surface area contributed by atoms with E-state index >= 15 is 0 Å². The Morgan fingerprint density at radius 2 is 2.00 bits per heavy atom. The number of rotatable bonds is 5. The summed E-state index contributed by atoms with van der Waals surface area (Å²) in [5.74, 6) is 1.78. The van der Waals surface area contributed by atoms with Gasteiger partial charge in [-0.25, -0.2) is 4.98 Å². The van der Waals surface area contributed by atoms with Gasteiger partial charge in [0.15, 0.2) is 0 Å². The van der Waals surface area contributed by atoms with Crippen LogP contribution in [0.3, 0.4) is 0 Å². The molecule has 102 valence electrons. The van der Waals surface area contributed by atoms with Gasteiger partial charge in [-0.3, -0.25) is 0 Å². The molecule has 4 heteroatoms. The molecule has 0 amide bonds. The molecule has 1 heterocycles. The molecule has 0 saturated carbocycles. The summed E-state index contributed by atoms with van der Waals surface area (Å²) in [5, 5.41) is 10.6. The molecule has 1 aromatic carbocycles. The number of methoxy groups -OCH3 is 1. The van der Waals surface area contributed by atoms with Gasteiger partial charge in [0, 0.05) is 25.9 Å². The number of aliphatic hydroxyl groups is 1. The molecule has 1 N–H and O–H groups in total. The first-order valence-corrected chi connectivity index (χ1v) is 6.36. The highest BCUT2D eigenvalue weighted by Crippen LogP contribution is 2.27. The van der Waals surface area contributed by atoms with Crippen molar-refractivity contribution in [2.75, 3.05) is 7.11 Å². The zero-order valence-corrected chi connectivity index (χ0v) is 11.6. The first-order valence-electron chi connectivity index (χ1n) is 6.36. The van der Waals surface area contributed by atoms with Gasteiger partial charge in [-0.05, 0) is 31.0 Å². The van der Waals surface area contributed by atoms with Crippen LogP contribution in [0.2, 0.25) is 0 Å². The molecular weight excluding hydrogens is 240 g/mol. The molecule has 4 nitrogen and oxygen atoms in total. The summed E-state index contributed by atoms with van der Waals surface area (Å²) in [6.07, 6.45) is 5.06. The number of aryl methyl sites for hydroxylation is 2. The largest absolute Gasteiger partial charge is 0.497 e. The Morgan fingerprint density at radius 1 is 1.32 bits per heavy atom. The summed E-state index contributed by atoms with van der Waals surface area (Å²) in [6, 6.07) is 7.53. The first kappa shape index (κ1) is 13.6. The fourth-order valence-corrected chi connectivity index (χ4v) is 2.09. The van der Waals surface area contributed by atoms with Crippen molar-refractivity contribution in [1.82, 2.24) is 9.55 Å². The molecule has 0 aliphatic heterocycles. The van der Waals surface area contributed by atoms with Crippen LogP contribution in [0.1, 0.15) is 24.7 Å². The van der Waals surface area contributed by atoms with Crippen molar-refractivity contribution < 1.29 is 9.84 Å². The molecule has 19 heavy (non-hydrogen) atoms. The highest BCUT2D eigenvalue weighted by molar-refractivity contribution is 5.30. The van der Waals surface area contributed by atoms with Gasteiger partial charge in [-0.15, -0.1) is 0 Å². The van der Waals surface area contributed by atoms with Crippen LogP contribution in [0.15, 0.2) is 36.7 Å². The van der Waals surface area contributed by atoms with Crippen LogP contribution in [-0.4, -0.2) is 21.8 Å². The normalized spacial score (nSPS) is 14.1. The van der Waals surface area contributed by atoms with Crippen LogP contribution < -0.4 is 4.74 Å². The monoisotopic (exact) mass is 260 g/mol. The second kappa shape index (κ2) is 5.45. The quantitative estimate of drug-likeness (QED) is 0.897. The predicted molar refractivity (Wildman–Crippen MR) is 74.1 cm³/mol. The number of aromatic nitrogens is 2. The summed E-state index contributed by atoms with van der Waals surface area (Å²) in [5.41, 5.74) is 0.0283. The second-order valence-corrected chi connectivity index (χ2v) is 4.96. The Kier molecular flexibility index (Phi) is 3.90. The Labute approximate surface area is 113 Å². The van der Waals surface area contributed by atoms with Gasteiger partial charge < -0.3 is 14.4 Å². The van der Waals surface area contributed by atoms with Crippen molar-refractivity contribution in [3.05, 3.63) is 48.0 Å². The van der Waals surface area contributed by atoms with Crippen LogP contribution in [-0.2, 0) is 19.1 Å². The van der Waals surface area contributed by atoms with Crippen LogP contribution in [0.25, 0.3) is 0 Å². The Bertz CT molecular complexity index is 529. The minimum absolute atomic E-state index is 0.629. The third-order valence-corrected chi connectivity index (χ3v) is 3.47. The van der Waals surface area contributed by atoms with E-state index in [0.29, 0.717) is 6.42 Å². The van der Waals surface area contributed by atoms with E-state index in [-0.39, 0.29) is 0 Å². The smallest absolute Gasteiger partial charge is 0.118 e. The minimum Gasteiger partial charge on any atom is -0.497 e. The molecular formula is C15H20N2O2. The summed E-state index contributed by atoms with van der Waals surface area (Å²) in [7, 11) is 3.60. The van der Waals surface area contributed by atoms with Gasteiger partial charge in [0.25, 0.3) is 0 Å². The molecule has 2 rings (SSSR count). The molecule has 1 aromatic heterocycles. The molecule has 0 bridgehead atoms. The van der Waals surface area contributed by atoms with E-state index in [4.69, 9.17) is 4.74 Å². The van der Waals surface area contributed by atoms with Gasteiger partial charge in [0.05, 0.1) is 12.7 Å². The highest BCUT2D eigenvalue weighted by Gasteiger charge is 2.23. The average molecular weight is 260 g/mol. The van der Waals surface area contributed by atoms with Gasteiger partial charge in [0.1, 0.15) is 11.6 Å². The molecule has 1 unspecified atom stereocenters. The van der Waals surface area contributed by atoms with E-state index < -0.39 is 5.60 Å². The number of nitrogens with zero attached hydrogens (tertiary/aromatic N) is 2. The molecule has 0 aliphatic rings. The van der Waals surface area contributed by atoms with Crippen molar-refractivity contribution >= 4 is 0 Å². The van der Waals surface area contributed by atoms with Crippen molar-refractivity contribution in [3.8, 4) is 5.75 Å².